The van der Waals surface area contributed by atoms with Crippen LogP contribution in [0.2, 0.25) is 0 Å². The minimum Gasteiger partial charge on any atom is -0.326 e. The summed E-state index contributed by atoms with van der Waals surface area (Å²) in [6.07, 6.45) is -9.65. The molecule has 8 heteroatoms. The predicted molar refractivity (Wildman–Crippen MR) is 56.3 cm³/mol. The topological polar surface area (TPSA) is 26.0 Å². The highest BCUT2D eigenvalue weighted by Gasteiger charge is 2.38. The SMILES string of the molecule is Cc1c(CN)cc(C(F)(F)F)cc1C(F)(F)F.Cl. The van der Waals surface area contributed by atoms with Gasteiger partial charge in [-0.1, -0.05) is 0 Å². The average molecular weight is 294 g/mol. The molecule has 0 spiro atoms. The minimum absolute atomic E-state index is 0. The predicted octanol–water partition coefficient (Wildman–Crippen LogP) is 3.91. The van der Waals surface area contributed by atoms with Gasteiger partial charge in [0.15, 0.2) is 0 Å². The van der Waals surface area contributed by atoms with Gasteiger partial charge in [0.05, 0.1) is 11.1 Å². The van der Waals surface area contributed by atoms with E-state index >= 15 is 0 Å². The largest absolute Gasteiger partial charge is 0.416 e. The van der Waals surface area contributed by atoms with Crippen LogP contribution in [0, 0.1) is 6.92 Å². The Morgan fingerprint density at radius 2 is 1.50 bits per heavy atom. The highest BCUT2D eigenvalue weighted by molar-refractivity contribution is 5.85. The van der Waals surface area contributed by atoms with Crippen molar-refractivity contribution in [2.24, 2.45) is 5.73 Å². The molecule has 0 radical (unpaired) electrons. The maximum atomic E-state index is 12.5. The van der Waals surface area contributed by atoms with E-state index in [1.54, 1.807) is 0 Å². The molecule has 0 saturated carbocycles. The van der Waals surface area contributed by atoms with E-state index in [9.17, 15) is 26.3 Å². The summed E-state index contributed by atoms with van der Waals surface area (Å²) >= 11 is 0. The molecule has 0 atom stereocenters. The molecule has 104 valence electrons. The van der Waals surface area contributed by atoms with Gasteiger partial charge in [-0.25, -0.2) is 0 Å². The van der Waals surface area contributed by atoms with E-state index < -0.39 is 23.5 Å². The number of hydrogen-bond acceptors (Lipinski definition) is 1. The maximum absolute atomic E-state index is 12.5. The Kier molecular flexibility index (Phi) is 5.07. The smallest absolute Gasteiger partial charge is 0.326 e. The highest BCUT2D eigenvalue weighted by Crippen LogP contribution is 2.38. The lowest BCUT2D eigenvalue weighted by Gasteiger charge is -2.17. The van der Waals surface area contributed by atoms with E-state index in [-0.39, 0.29) is 36.1 Å². The van der Waals surface area contributed by atoms with Crippen molar-refractivity contribution in [2.45, 2.75) is 25.8 Å². The molecule has 1 aromatic rings. The first-order valence-electron chi connectivity index (χ1n) is 4.55. The molecule has 0 aromatic heterocycles. The van der Waals surface area contributed by atoms with Crippen LogP contribution in [0.4, 0.5) is 26.3 Å². The second-order valence-electron chi connectivity index (χ2n) is 3.51. The first-order chi connectivity index (χ1) is 7.57. The summed E-state index contributed by atoms with van der Waals surface area (Å²) in [5.41, 5.74) is 2.07. The lowest BCUT2D eigenvalue weighted by atomic mass is 9.98. The van der Waals surface area contributed by atoms with Crippen molar-refractivity contribution in [1.82, 2.24) is 0 Å². The highest BCUT2D eigenvalue weighted by atomic mass is 35.5. The molecule has 0 amide bonds. The fourth-order valence-corrected chi connectivity index (χ4v) is 1.44. The van der Waals surface area contributed by atoms with Gasteiger partial charge in [-0.05, 0) is 30.2 Å². The first kappa shape index (κ1) is 17.1. The van der Waals surface area contributed by atoms with Gasteiger partial charge in [0.2, 0.25) is 0 Å². The van der Waals surface area contributed by atoms with Gasteiger partial charge in [0.1, 0.15) is 0 Å². The van der Waals surface area contributed by atoms with E-state index in [1.807, 2.05) is 0 Å². The second-order valence-corrected chi connectivity index (χ2v) is 3.51. The Hall–Kier alpha value is -0.950. The summed E-state index contributed by atoms with van der Waals surface area (Å²) < 4.78 is 74.8. The zero-order chi connectivity index (χ0) is 13.4. The molecule has 0 fully saturated rings. The molecule has 0 unspecified atom stereocenters. The molecule has 18 heavy (non-hydrogen) atoms. The Labute approximate surface area is 105 Å². The molecule has 1 nitrogen and oxygen atoms in total. The summed E-state index contributed by atoms with van der Waals surface area (Å²) in [4.78, 5) is 0. The lowest BCUT2D eigenvalue weighted by Crippen LogP contribution is -2.15. The average Bonchev–Trinajstić information content (AvgIpc) is 2.14. The summed E-state index contributed by atoms with van der Waals surface area (Å²) in [7, 11) is 0. The molecule has 2 N–H and O–H groups in total. The number of hydrogen-bond donors (Lipinski definition) is 1. The Morgan fingerprint density at radius 1 is 1.00 bits per heavy atom. The Morgan fingerprint density at radius 3 is 1.83 bits per heavy atom. The van der Waals surface area contributed by atoms with Crippen LogP contribution in [-0.2, 0) is 18.9 Å². The van der Waals surface area contributed by atoms with Gasteiger partial charge in [0, 0.05) is 6.54 Å². The third-order valence-electron chi connectivity index (χ3n) is 2.37. The zero-order valence-electron chi connectivity index (χ0n) is 9.12. The van der Waals surface area contributed by atoms with E-state index in [0.717, 1.165) is 6.92 Å². The van der Waals surface area contributed by atoms with Crippen LogP contribution in [0.25, 0.3) is 0 Å². The zero-order valence-corrected chi connectivity index (χ0v) is 9.93. The number of halogens is 7. The van der Waals surface area contributed by atoms with Gasteiger partial charge in [0.25, 0.3) is 0 Å². The Bertz CT molecular complexity index is 424. The summed E-state index contributed by atoms with van der Waals surface area (Å²) in [5.74, 6) is 0. The summed E-state index contributed by atoms with van der Waals surface area (Å²) in [6.45, 7) is 0.726. The van der Waals surface area contributed by atoms with Crippen molar-refractivity contribution < 1.29 is 26.3 Å². The molecule has 1 rings (SSSR count). The fourth-order valence-electron chi connectivity index (χ4n) is 1.44. The van der Waals surface area contributed by atoms with Crippen LogP contribution < -0.4 is 5.73 Å². The van der Waals surface area contributed by atoms with Crippen LogP contribution in [-0.4, -0.2) is 0 Å². The van der Waals surface area contributed by atoms with Crippen LogP contribution in [0.15, 0.2) is 12.1 Å². The van der Waals surface area contributed by atoms with E-state index in [0.29, 0.717) is 6.07 Å². The van der Waals surface area contributed by atoms with Crippen molar-refractivity contribution >= 4 is 12.4 Å². The van der Waals surface area contributed by atoms with Crippen LogP contribution in [0.3, 0.4) is 0 Å². The van der Waals surface area contributed by atoms with Gasteiger partial charge in [-0.3, -0.25) is 0 Å². The molecule has 0 saturated heterocycles. The number of alkyl halides is 6. The van der Waals surface area contributed by atoms with Crippen molar-refractivity contribution in [3.05, 3.63) is 34.4 Å². The normalized spacial score (nSPS) is 12.2. The standard InChI is InChI=1S/C10H9F6N.ClH/c1-5-6(4-17)2-7(9(11,12)13)3-8(5)10(14,15)16;/h2-3H,4,17H2,1H3;1H. The number of rotatable bonds is 1. The molecule has 1 aromatic carbocycles. The van der Waals surface area contributed by atoms with Gasteiger partial charge in [-0.15, -0.1) is 12.4 Å². The van der Waals surface area contributed by atoms with E-state index in [4.69, 9.17) is 5.73 Å². The second kappa shape index (κ2) is 5.36. The monoisotopic (exact) mass is 293 g/mol. The lowest BCUT2D eigenvalue weighted by molar-refractivity contribution is -0.143. The van der Waals surface area contributed by atoms with E-state index in [2.05, 4.69) is 0 Å². The van der Waals surface area contributed by atoms with Crippen molar-refractivity contribution in [1.29, 1.82) is 0 Å². The van der Waals surface area contributed by atoms with Gasteiger partial charge < -0.3 is 5.73 Å². The number of nitrogens with two attached hydrogens (primary N) is 1. The van der Waals surface area contributed by atoms with Gasteiger partial charge >= 0.3 is 12.4 Å². The van der Waals surface area contributed by atoms with E-state index in [1.165, 1.54) is 0 Å². The number of benzene rings is 1. The quantitative estimate of drug-likeness (QED) is 0.781. The van der Waals surface area contributed by atoms with Crippen molar-refractivity contribution in [3.63, 3.8) is 0 Å². The van der Waals surface area contributed by atoms with Crippen molar-refractivity contribution in [3.8, 4) is 0 Å². The molecule has 0 bridgehead atoms. The molecule has 0 aliphatic rings. The van der Waals surface area contributed by atoms with Crippen molar-refractivity contribution in [2.75, 3.05) is 0 Å². The molecular formula is C10H10ClF6N. The molecule has 0 aliphatic carbocycles. The summed E-state index contributed by atoms with van der Waals surface area (Å²) in [6, 6.07) is 0.749. The molecular weight excluding hydrogens is 284 g/mol. The third kappa shape index (κ3) is 3.52. The maximum Gasteiger partial charge on any atom is 0.416 e. The van der Waals surface area contributed by atoms with Crippen LogP contribution in [0.5, 0.6) is 0 Å². The van der Waals surface area contributed by atoms with Crippen LogP contribution >= 0.6 is 12.4 Å². The summed E-state index contributed by atoms with van der Waals surface area (Å²) in [5, 5.41) is 0. The van der Waals surface area contributed by atoms with Gasteiger partial charge in [-0.2, -0.15) is 26.3 Å². The third-order valence-corrected chi connectivity index (χ3v) is 2.37. The van der Waals surface area contributed by atoms with Crippen LogP contribution in [0.1, 0.15) is 22.3 Å². The first-order valence-corrected chi connectivity index (χ1v) is 4.55. The Balaban J connectivity index is 0.00000289. The fraction of sp³-hybridized carbons (Fsp3) is 0.400. The minimum atomic E-state index is -4.82. The molecule has 0 aliphatic heterocycles. The molecule has 0 heterocycles.